The predicted molar refractivity (Wildman–Crippen MR) is 121 cm³/mol. The minimum absolute atomic E-state index is 0.139. The Morgan fingerprint density at radius 2 is 1.61 bits per heavy atom. The number of nitrogens with zero attached hydrogens (tertiary/aromatic N) is 1. The highest BCUT2D eigenvalue weighted by Gasteiger charge is 2.40. The number of carbonyl (C=O) groups is 2. The molecule has 1 aliphatic heterocycles. The Bertz CT molecular complexity index is 1200. The van der Waals surface area contributed by atoms with Crippen molar-refractivity contribution in [1.29, 1.82) is 0 Å². The monoisotopic (exact) mass is 434 g/mol. The third kappa shape index (κ3) is 3.97. The number of hydrogen-bond donors (Lipinski definition) is 1. The van der Waals surface area contributed by atoms with E-state index < -0.39 is 17.6 Å². The van der Waals surface area contributed by atoms with Crippen LogP contribution in [0.2, 0.25) is 5.02 Å². The largest absolute Gasteiger partial charge is 0.350 e. The molecule has 0 radical (unpaired) electrons. The molecule has 2 amide bonds. The van der Waals surface area contributed by atoms with Gasteiger partial charge in [-0.05, 0) is 66.4 Å². The number of carbonyl (C=O) groups excluding carboxylic acids is 2. The number of rotatable bonds is 5. The van der Waals surface area contributed by atoms with E-state index in [1.807, 2.05) is 24.3 Å². The molecule has 0 saturated carbocycles. The lowest BCUT2D eigenvalue weighted by Crippen LogP contribution is -2.33. The molecule has 0 atom stereocenters. The maximum Gasteiger partial charge on any atom is 0.282 e. The average molecular weight is 435 g/mol. The van der Waals surface area contributed by atoms with Crippen molar-refractivity contribution in [3.05, 3.63) is 100.0 Å². The first-order chi connectivity index (χ1) is 14.9. The van der Waals surface area contributed by atoms with E-state index in [2.05, 4.69) is 12.2 Å². The average Bonchev–Trinajstić information content (AvgIpc) is 3.00. The summed E-state index contributed by atoms with van der Waals surface area (Å²) in [6.45, 7) is 3.86. The first-order valence-electron chi connectivity index (χ1n) is 9.90. The van der Waals surface area contributed by atoms with Gasteiger partial charge in [-0.25, -0.2) is 9.29 Å². The van der Waals surface area contributed by atoms with Crippen molar-refractivity contribution in [1.82, 2.24) is 0 Å². The third-order valence-electron chi connectivity index (χ3n) is 5.26. The second-order valence-electron chi connectivity index (χ2n) is 7.31. The highest BCUT2D eigenvalue weighted by atomic mass is 35.5. The minimum atomic E-state index is -0.491. The van der Waals surface area contributed by atoms with Gasteiger partial charge in [0.2, 0.25) is 0 Å². The summed E-state index contributed by atoms with van der Waals surface area (Å²) in [5.74, 6) is -1.41. The van der Waals surface area contributed by atoms with E-state index in [1.165, 1.54) is 24.3 Å². The number of hydrogen-bond acceptors (Lipinski definition) is 3. The van der Waals surface area contributed by atoms with Crippen LogP contribution in [-0.2, 0) is 16.0 Å². The molecule has 0 bridgehead atoms. The minimum Gasteiger partial charge on any atom is -0.350 e. The van der Waals surface area contributed by atoms with Gasteiger partial charge in [0, 0.05) is 10.7 Å². The number of amides is 2. The van der Waals surface area contributed by atoms with Gasteiger partial charge in [-0.3, -0.25) is 9.59 Å². The van der Waals surface area contributed by atoms with E-state index in [9.17, 15) is 14.0 Å². The van der Waals surface area contributed by atoms with Crippen LogP contribution in [0.15, 0.2) is 72.4 Å². The zero-order valence-corrected chi connectivity index (χ0v) is 17.8. The normalized spacial score (nSPS) is 13.9. The van der Waals surface area contributed by atoms with E-state index >= 15 is 0 Å². The van der Waals surface area contributed by atoms with Gasteiger partial charge < -0.3 is 5.32 Å². The quantitative estimate of drug-likeness (QED) is 0.520. The van der Waals surface area contributed by atoms with Gasteiger partial charge in [0.25, 0.3) is 11.8 Å². The Morgan fingerprint density at radius 3 is 2.26 bits per heavy atom. The number of halogens is 2. The molecule has 4 nitrogen and oxygen atoms in total. The molecule has 3 aromatic rings. The lowest BCUT2D eigenvalue weighted by molar-refractivity contribution is -0.120. The van der Waals surface area contributed by atoms with E-state index in [0.717, 1.165) is 22.4 Å². The van der Waals surface area contributed by atoms with Crippen molar-refractivity contribution in [3.8, 4) is 0 Å². The Hall–Kier alpha value is -3.44. The summed E-state index contributed by atoms with van der Waals surface area (Å²) in [6, 6.07) is 18.2. The Kier molecular flexibility index (Phi) is 5.61. The van der Waals surface area contributed by atoms with Crippen LogP contribution in [0, 0.1) is 12.7 Å². The zero-order chi connectivity index (χ0) is 22.1. The van der Waals surface area contributed by atoms with Crippen LogP contribution >= 0.6 is 11.6 Å². The summed E-state index contributed by atoms with van der Waals surface area (Å²) in [5, 5.41) is 3.53. The van der Waals surface area contributed by atoms with Gasteiger partial charge in [0.15, 0.2) is 0 Å². The van der Waals surface area contributed by atoms with Crippen LogP contribution in [0.4, 0.5) is 15.8 Å². The first-order valence-corrected chi connectivity index (χ1v) is 10.3. The lowest BCUT2D eigenvalue weighted by Gasteiger charge is -2.18. The summed E-state index contributed by atoms with van der Waals surface area (Å²) in [6.07, 6.45) is 0.892. The highest BCUT2D eigenvalue weighted by Crippen LogP contribution is 2.36. The van der Waals surface area contributed by atoms with Gasteiger partial charge in [0.1, 0.15) is 11.5 Å². The fraction of sp³-hybridized carbons (Fsp3) is 0.120. The number of aryl methyl sites for hydroxylation is 2. The van der Waals surface area contributed by atoms with Crippen LogP contribution in [0.25, 0.3) is 5.57 Å². The second kappa shape index (κ2) is 8.36. The van der Waals surface area contributed by atoms with Crippen molar-refractivity contribution in [2.75, 3.05) is 10.2 Å². The fourth-order valence-corrected chi connectivity index (χ4v) is 3.71. The van der Waals surface area contributed by atoms with E-state index in [0.29, 0.717) is 22.0 Å². The van der Waals surface area contributed by atoms with Gasteiger partial charge in [-0.1, -0.05) is 48.9 Å². The molecule has 6 heteroatoms. The van der Waals surface area contributed by atoms with Crippen LogP contribution in [0.5, 0.6) is 0 Å². The van der Waals surface area contributed by atoms with Crippen LogP contribution in [0.3, 0.4) is 0 Å². The summed E-state index contributed by atoms with van der Waals surface area (Å²) in [5.41, 5.74) is 3.76. The molecular formula is C25H20ClFN2O2. The molecule has 0 fully saturated rings. The molecule has 156 valence electrons. The van der Waals surface area contributed by atoms with Crippen LogP contribution < -0.4 is 10.2 Å². The van der Waals surface area contributed by atoms with Crippen molar-refractivity contribution in [2.24, 2.45) is 0 Å². The molecule has 1 N–H and O–H groups in total. The first kappa shape index (κ1) is 20.8. The van der Waals surface area contributed by atoms with Crippen molar-refractivity contribution in [2.45, 2.75) is 20.3 Å². The molecule has 0 aliphatic carbocycles. The topological polar surface area (TPSA) is 49.4 Å². The molecule has 4 rings (SSSR count). The standard InChI is InChI=1S/C25H20ClFN2O2/c1-3-16-5-12-20(13-6-16)28-23-22(17-7-10-19(27)11-8-17)24(30)29(25(23)31)21-14-18(26)9-4-15(21)2/h4-14,28H,3H2,1-2H3. The van der Waals surface area contributed by atoms with Gasteiger partial charge >= 0.3 is 0 Å². The number of nitrogens with one attached hydrogen (secondary N) is 1. The van der Waals surface area contributed by atoms with E-state index in [-0.39, 0.29) is 11.3 Å². The van der Waals surface area contributed by atoms with Gasteiger partial charge in [0.05, 0.1) is 11.3 Å². The van der Waals surface area contributed by atoms with E-state index in [1.54, 1.807) is 25.1 Å². The zero-order valence-electron chi connectivity index (χ0n) is 17.1. The molecule has 31 heavy (non-hydrogen) atoms. The van der Waals surface area contributed by atoms with E-state index in [4.69, 9.17) is 11.6 Å². The van der Waals surface area contributed by atoms with Crippen LogP contribution in [0.1, 0.15) is 23.6 Å². The number of benzene rings is 3. The van der Waals surface area contributed by atoms with Crippen molar-refractivity contribution in [3.63, 3.8) is 0 Å². The Labute approximate surface area is 185 Å². The maximum absolute atomic E-state index is 13.5. The molecule has 1 heterocycles. The van der Waals surface area contributed by atoms with Crippen molar-refractivity contribution < 1.29 is 14.0 Å². The Morgan fingerprint density at radius 1 is 0.935 bits per heavy atom. The van der Waals surface area contributed by atoms with Crippen LogP contribution in [-0.4, -0.2) is 11.8 Å². The maximum atomic E-state index is 13.5. The molecule has 0 spiro atoms. The SMILES string of the molecule is CCc1ccc(NC2=C(c3ccc(F)cc3)C(=O)N(c3cc(Cl)ccc3C)C2=O)cc1. The second-order valence-corrected chi connectivity index (χ2v) is 7.75. The third-order valence-corrected chi connectivity index (χ3v) is 5.50. The lowest BCUT2D eigenvalue weighted by atomic mass is 10.0. The van der Waals surface area contributed by atoms with Crippen molar-refractivity contribution >= 4 is 40.4 Å². The highest BCUT2D eigenvalue weighted by molar-refractivity contribution is 6.46. The smallest absolute Gasteiger partial charge is 0.282 e. The number of imide groups is 1. The molecule has 1 aliphatic rings. The molecular weight excluding hydrogens is 415 g/mol. The Balaban J connectivity index is 1.82. The fourth-order valence-electron chi connectivity index (χ4n) is 3.54. The molecule has 0 aromatic heterocycles. The van der Waals surface area contributed by atoms with Gasteiger partial charge in [-0.2, -0.15) is 0 Å². The summed E-state index contributed by atoms with van der Waals surface area (Å²) in [4.78, 5) is 28.0. The number of anilines is 2. The summed E-state index contributed by atoms with van der Waals surface area (Å²) >= 11 is 6.14. The summed E-state index contributed by atoms with van der Waals surface area (Å²) < 4.78 is 13.5. The predicted octanol–water partition coefficient (Wildman–Crippen LogP) is 5.75. The summed E-state index contributed by atoms with van der Waals surface area (Å²) in [7, 11) is 0. The molecule has 0 unspecified atom stereocenters. The molecule has 3 aromatic carbocycles. The molecule has 0 saturated heterocycles. The van der Waals surface area contributed by atoms with Gasteiger partial charge in [-0.15, -0.1) is 0 Å².